The lowest BCUT2D eigenvalue weighted by Crippen LogP contribution is -2.48. The van der Waals surface area contributed by atoms with Gasteiger partial charge in [-0.05, 0) is 37.5 Å². The third-order valence-corrected chi connectivity index (χ3v) is 5.26. The van der Waals surface area contributed by atoms with Crippen molar-refractivity contribution < 1.29 is 14.3 Å². The van der Waals surface area contributed by atoms with Crippen LogP contribution in [0.15, 0.2) is 24.3 Å². The van der Waals surface area contributed by atoms with Crippen molar-refractivity contribution in [1.29, 1.82) is 0 Å². The van der Waals surface area contributed by atoms with E-state index in [1.807, 2.05) is 45.9 Å². The minimum absolute atomic E-state index is 0.148. The van der Waals surface area contributed by atoms with Crippen LogP contribution in [0.3, 0.4) is 0 Å². The Kier molecular flexibility index (Phi) is 5.46. The number of carbonyl (C=O) groups excluding carboxylic acids is 2. The molecule has 6 nitrogen and oxygen atoms in total. The summed E-state index contributed by atoms with van der Waals surface area (Å²) in [4.78, 5) is 30.7. The first kappa shape index (κ1) is 17.6. The van der Waals surface area contributed by atoms with Crippen LogP contribution in [-0.2, 0) is 11.2 Å². The number of likely N-dealkylation sites (N-methyl/N-ethyl adjacent to an activating group) is 1. The molecule has 2 fully saturated rings. The van der Waals surface area contributed by atoms with Crippen LogP contribution in [0.4, 0.5) is 4.79 Å². The lowest BCUT2D eigenvalue weighted by atomic mass is 10.0. The fraction of sp³-hybridized carbons (Fsp3) is 0.579. The van der Waals surface area contributed by atoms with Gasteiger partial charge in [0.25, 0.3) is 0 Å². The summed E-state index contributed by atoms with van der Waals surface area (Å²) < 4.78 is 5.21. The van der Waals surface area contributed by atoms with E-state index >= 15 is 0 Å². The van der Waals surface area contributed by atoms with Gasteiger partial charge in [0.1, 0.15) is 5.75 Å². The summed E-state index contributed by atoms with van der Waals surface area (Å²) >= 11 is 0. The molecule has 0 bridgehead atoms. The number of ether oxygens (including phenoxy) is 1. The first-order valence-corrected chi connectivity index (χ1v) is 9.08. The van der Waals surface area contributed by atoms with Crippen molar-refractivity contribution in [1.82, 2.24) is 14.7 Å². The minimum Gasteiger partial charge on any atom is -0.497 e. The maximum Gasteiger partial charge on any atom is 0.320 e. The summed E-state index contributed by atoms with van der Waals surface area (Å²) in [7, 11) is 1.63. The average Bonchev–Trinajstić information content (AvgIpc) is 3.02. The molecule has 2 saturated heterocycles. The van der Waals surface area contributed by atoms with Crippen molar-refractivity contribution in [2.24, 2.45) is 0 Å². The van der Waals surface area contributed by atoms with Gasteiger partial charge >= 0.3 is 6.03 Å². The summed E-state index contributed by atoms with van der Waals surface area (Å²) in [6, 6.07) is 8.08. The third kappa shape index (κ3) is 3.89. The Morgan fingerprint density at radius 2 is 1.96 bits per heavy atom. The lowest BCUT2D eigenvalue weighted by molar-refractivity contribution is -0.131. The molecule has 2 aliphatic rings. The Labute approximate surface area is 149 Å². The van der Waals surface area contributed by atoms with E-state index in [-0.39, 0.29) is 18.0 Å². The van der Waals surface area contributed by atoms with Gasteiger partial charge in [0.05, 0.1) is 13.5 Å². The molecule has 0 atom stereocenters. The van der Waals surface area contributed by atoms with Gasteiger partial charge in [0.15, 0.2) is 0 Å². The molecule has 136 valence electrons. The van der Waals surface area contributed by atoms with E-state index in [0.717, 1.165) is 56.9 Å². The highest BCUT2D eigenvalue weighted by Gasteiger charge is 2.35. The number of nitrogens with zero attached hydrogens (tertiary/aromatic N) is 3. The van der Waals surface area contributed by atoms with Gasteiger partial charge in [-0.15, -0.1) is 0 Å². The number of rotatable bonds is 5. The van der Waals surface area contributed by atoms with E-state index in [4.69, 9.17) is 4.74 Å². The number of piperidine rings is 1. The third-order valence-electron chi connectivity index (χ3n) is 5.26. The summed E-state index contributed by atoms with van der Waals surface area (Å²) in [5, 5.41) is 0. The molecular formula is C19H27N3O3. The molecule has 0 aromatic heterocycles. The van der Waals surface area contributed by atoms with Crippen LogP contribution in [-0.4, -0.2) is 72.5 Å². The Bertz CT molecular complexity index is 626. The van der Waals surface area contributed by atoms with Crippen molar-refractivity contribution >= 4 is 11.9 Å². The normalized spacial score (nSPS) is 18.8. The highest BCUT2D eigenvalue weighted by molar-refractivity contribution is 5.79. The number of benzene rings is 1. The molecule has 0 aliphatic carbocycles. The number of likely N-dealkylation sites (tertiary alicyclic amines) is 1. The first-order valence-electron chi connectivity index (χ1n) is 9.08. The zero-order chi connectivity index (χ0) is 17.8. The molecule has 0 radical (unpaired) electrons. The largest absolute Gasteiger partial charge is 0.497 e. The van der Waals surface area contributed by atoms with E-state index in [2.05, 4.69) is 0 Å². The van der Waals surface area contributed by atoms with Crippen LogP contribution in [0.25, 0.3) is 0 Å². The van der Waals surface area contributed by atoms with E-state index in [1.54, 1.807) is 7.11 Å². The summed E-state index contributed by atoms with van der Waals surface area (Å²) in [5.41, 5.74) is 0.972. The second kappa shape index (κ2) is 7.76. The fourth-order valence-corrected chi connectivity index (χ4v) is 3.73. The van der Waals surface area contributed by atoms with Crippen LogP contribution in [0.1, 0.15) is 25.3 Å². The second-order valence-corrected chi connectivity index (χ2v) is 6.70. The van der Waals surface area contributed by atoms with Gasteiger partial charge < -0.3 is 19.4 Å². The van der Waals surface area contributed by atoms with Gasteiger partial charge in [0, 0.05) is 38.8 Å². The van der Waals surface area contributed by atoms with E-state index in [9.17, 15) is 9.59 Å². The highest BCUT2D eigenvalue weighted by atomic mass is 16.5. The van der Waals surface area contributed by atoms with Crippen molar-refractivity contribution in [2.45, 2.75) is 32.2 Å². The average molecular weight is 345 g/mol. The molecule has 1 aromatic rings. The fourth-order valence-electron chi connectivity index (χ4n) is 3.73. The highest BCUT2D eigenvalue weighted by Crippen LogP contribution is 2.22. The Balaban J connectivity index is 1.52. The van der Waals surface area contributed by atoms with Crippen molar-refractivity contribution in [3.63, 3.8) is 0 Å². The van der Waals surface area contributed by atoms with Gasteiger partial charge in [-0.1, -0.05) is 12.1 Å². The molecule has 6 heteroatoms. The molecule has 3 rings (SSSR count). The number of methoxy groups -OCH3 is 1. The van der Waals surface area contributed by atoms with Gasteiger partial charge in [-0.3, -0.25) is 4.79 Å². The molecule has 1 aromatic carbocycles. The second-order valence-electron chi connectivity index (χ2n) is 6.70. The van der Waals surface area contributed by atoms with Crippen LogP contribution in [0.2, 0.25) is 0 Å². The standard InChI is InChI=1S/C19H27N3O3/c1-3-20-11-12-22(19(20)24)16-7-9-21(10-8-16)18(23)14-15-5-4-6-17(13-15)25-2/h4-6,13,16H,3,7-12,14H2,1-2H3. The molecule has 0 unspecified atom stereocenters. The molecule has 0 saturated carbocycles. The Hall–Kier alpha value is -2.24. The topological polar surface area (TPSA) is 53.1 Å². The molecule has 2 heterocycles. The zero-order valence-electron chi connectivity index (χ0n) is 15.1. The molecular weight excluding hydrogens is 318 g/mol. The van der Waals surface area contributed by atoms with E-state index in [0.29, 0.717) is 6.42 Å². The number of hydrogen-bond acceptors (Lipinski definition) is 3. The summed E-state index contributed by atoms with van der Waals surface area (Å²) in [5.74, 6) is 0.923. The monoisotopic (exact) mass is 345 g/mol. The SMILES string of the molecule is CCN1CCN(C2CCN(C(=O)Cc3cccc(OC)c3)CC2)C1=O. The smallest absolute Gasteiger partial charge is 0.320 e. The van der Waals surface area contributed by atoms with Crippen LogP contribution >= 0.6 is 0 Å². The molecule has 0 spiro atoms. The van der Waals surface area contributed by atoms with E-state index in [1.165, 1.54) is 0 Å². The van der Waals surface area contributed by atoms with Crippen LogP contribution < -0.4 is 4.74 Å². The van der Waals surface area contributed by atoms with Gasteiger partial charge in [-0.25, -0.2) is 4.79 Å². The summed E-state index contributed by atoms with van der Waals surface area (Å²) in [6.45, 7) is 5.88. The Morgan fingerprint density at radius 3 is 2.60 bits per heavy atom. The van der Waals surface area contributed by atoms with E-state index < -0.39 is 0 Å². The number of hydrogen-bond donors (Lipinski definition) is 0. The number of amides is 3. The van der Waals surface area contributed by atoms with Crippen molar-refractivity contribution in [2.75, 3.05) is 39.8 Å². The summed E-state index contributed by atoms with van der Waals surface area (Å²) in [6.07, 6.45) is 2.13. The molecule has 25 heavy (non-hydrogen) atoms. The quantitative estimate of drug-likeness (QED) is 0.820. The maximum atomic E-state index is 12.6. The lowest BCUT2D eigenvalue weighted by Gasteiger charge is -2.36. The van der Waals surface area contributed by atoms with Crippen molar-refractivity contribution in [3.8, 4) is 5.75 Å². The maximum absolute atomic E-state index is 12.6. The molecule has 2 aliphatic heterocycles. The molecule has 3 amide bonds. The zero-order valence-corrected chi connectivity index (χ0v) is 15.1. The van der Waals surface area contributed by atoms with Crippen LogP contribution in [0, 0.1) is 0 Å². The molecule has 0 N–H and O–H groups in total. The number of urea groups is 1. The van der Waals surface area contributed by atoms with Crippen LogP contribution in [0.5, 0.6) is 5.75 Å². The Morgan fingerprint density at radius 1 is 1.20 bits per heavy atom. The van der Waals surface area contributed by atoms with Crippen molar-refractivity contribution in [3.05, 3.63) is 29.8 Å². The first-order chi connectivity index (χ1) is 12.1. The predicted molar refractivity (Wildman–Crippen MR) is 95.6 cm³/mol. The predicted octanol–water partition coefficient (Wildman–Crippen LogP) is 1.99. The number of carbonyl (C=O) groups is 2. The van der Waals surface area contributed by atoms with Gasteiger partial charge in [-0.2, -0.15) is 0 Å². The minimum atomic E-state index is 0.148. The van der Waals surface area contributed by atoms with Gasteiger partial charge in [0.2, 0.25) is 5.91 Å².